The van der Waals surface area contributed by atoms with Crippen molar-refractivity contribution in [3.63, 3.8) is 0 Å². The minimum atomic E-state index is -0.102. The van der Waals surface area contributed by atoms with E-state index >= 15 is 0 Å². The summed E-state index contributed by atoms with van der Waals surface area (Å²) in [5.41, 5.74) is 3.70. The zero-order valence-electron chi connectivity index (χ0n) is 12.5. The number of rotatable bonds is 4. The number of aromatic hydroxyl groups is 1. The van der Waals surface area contributed by atoms with Crippen LogP contribution in [0.3, 0.4) is 0 Å². The van der Waals surface area contributed by atoms with Gasteiger partial charge in [-0.05, 0) is 49.2 Å². The number of hydrogen-bond donors (Lipinski definition) is 3. The molecule has 4 nitrogen and oxygen atoms in total. The quantitative estimate of drug-likeness (QED) is 0.807. The highest BCUT2D eigenvalue weighted by Crippen LogP contribution is 2.24. The molecule has 0 fully saturated rings. The third kappa shape index (κ3) is 3.54. The van der Waals surface area contributed by atoms with Crippen LogP contribution in [0.2, 0.25) is 0 Å². The van der Waals surface area contributed by atoms with Gasteiger partial charge in [-0.1, -0.05) is 18.2 Å². The van der Waals surface area contributed by atoms with Gasteiger partial charge in [0.1, 0.15) is 5.75 Å². The third-order valence-electron chi connectivity index (χ3n) is 3.49. The summed E-state index contributed by atoms with van der Waals surface area (Å²) in [6.07, 6.45) is 0. The first-order valence-corrected chi connectivity index (χ1v) is 6.89. The van der Waals surface area contributed by atoms with Gasteiger partial charge in [0.2, 0.25) is 0 Å². The molecule has 4 heteroatoms. The summed E-state index contributed by atoms with van der Waals surface area (Å²) < 4.78 is 0. The van der Waals surface area contributed by atoms with Crippen molar-refractivity contribution in [1.29, 1.82) is 0 Å². The number of amides is 1. The Morgan fingerprint density at radius 1 is 1.14 bits per heavy atom. The molecule has 0 aliphatic carbocycles. The molecule has 0 heterocycles. The van der Waals surface area contributed by atoms with Crippen LogP contribution in [-0.4, -0.2) is 18.1 Å². The predicted molar refractivity (Wildman–Crippen MR) is 84.7 cm³/mol. The molecule has 0 spiro atoms. The fourth-order valence-electron chi connectivity index (χ4n) is 2.14. The number of carbonyl (C=O) groups excluding carboxylic acids is 1. The summed E-state index contributed by atoms with van der Waals surface area (Å²) >= 11 is 0. The maximum absolute atomic E-state index is 11.7. The minimum absolute atomic E-state index is 0.0734. The summed E-state index contributed by atoms with van der Waals surface area (Å²) in [5.74, 6) is 0.152. The highest BCUT2D eigenvalue weighted by atomic mass is 16.3. The molecule has 1 unspecified atom stereocenters. The fraction of sp³-hybridized carbons (Fsp3) is 0.235. The second kappa shape index (κ2) is 6.31. The van der Waals surface area contributed by atoms with Crippen LogP contribution in [0.4, 0.5) is 5.69 Å². The number of carbonyl (C=O) groups is 1. The van der Waals surface area contributed by atoms with Gasteiger partial charge < -0.3 is 15.7 Å². The molecule has 2 aromatic rings. The van der Waals surface area contributed by atoms with Crippen molar-refractivity contribution >= 4 is 11.6 Å². The van der Waals surface area contributed by atoms with E-state index in [4.69, 9.17) is 0 Å². The Labute approximate surface area is 124 Å². The van der Waals surface area contributed by atoms with Gasteiger partial charge in [-0.15, -0.1) is 0 Å². The lowest BCUT2D eigenvalue weighted by Gasteiger charge is -2.18. The average molecular weight is 284 g/mol. The molecule has 0 aromatic heterocycles. The molecule has 0 radical (unpaired) electrons. The van der Waals surface area contributed by atoms with E-state index in [-0.39, 0.29) is 17.7 Å². The molecule has 110 valence electrons. The van der Waals surface area contributed by atoms with Crippen molar-refractivity contribution < 1.29 is 9.90 Å². The SMILES string of the molecule is CNC(=O)c1ccc(C)c(NC(C)c2ccc(O)cc2)c1. The first kappa shape index (κ1) is 14.9. The fourth-order valence-corrected chi connectivity index (χ4v) is 2.14. The Kier molecular flexibility index (Phi) is 4.48. The highest BCUT2D eigenvalue weighted by Gasteiger charge is 2.10. The Bertz CT molecular complexity index is 636. The monoisotopic (exact) mass is 284 g/mol. The van der Waals surface area contributed by atoms with Crippen LogP contribution in [0.15, 0.2) is 42.5 Å². The lowest BCUT2D eigenvalue weighted by molar-refractivity contribution is 0.0963. The summed E-state index contributed by atoms with van der Waals surface area (Å²) in [5, 5.41) is 15.4. The lowest BCUT2D eigenvalue weighted by Crippen LogP contribution is -2.18. The van der Waals surface area contributed by atoms with Crippen molar-refractivity contribution in [2.75, 3.05) is 12.4 Å². The van der Waals surface area contributed by atoms with Crippen LogP contribution in [0.1, 0.15) is 34.5 Å². The number of nitrogens with one attached hydrogen (secondary N) is 2. The van der Waals surface area contributed by atoms with E-state index in [9.17, 15) is 9.90 Å². The maximum atomic E-state index is 11.7. The molecule has 21 heavy (non-hydrogen) atoms. The van der Waals surface area contributed by atoms with E-state index in [2.05, 4.69) is 10.6 Å². The van der Waals surface area contributed by atoms with Gasteiger partial charge in [0.15, 0.2) is 0 Å². The van der Waals surface area contributed by atoms with Gasteiger partial charge >= 0.3 is 0 Å². The van der Waals surface area contributed by atoms with Crippen molar-refractivity contribution in [1.82, 2.24) is 5.32 Å². The maximum Gasteiger partial charge on any atom is 0.251 e. The molecule has 2 rings (SSSR count). The summed E-state index contributed by atoms with van der Waals surface area (Å²) in [6.45, 7) is 4.04. The first-order valence-electron chi connectivity index (χ1n) is 6.89. The molecule has 0 saturated carbocycles. The van der Waals surface area contributed by atoms with E-state index in [1.807, 2.05) is 44.2 Å². The second-order valence-corrected chi connectivity index (χ2v) is 5.07. The van der Waals surface area contributed by atoms with Gasteiger partial charge in [0, 0.05) is 24.3 Å². The second-order valence-electron chi connectivity index (χ2n) is 5.07. The largest absolute Gasteiger partial charge is 0.508 e. The number of benzene rings is 2. The Balaban J connectivity index is 2.22. The van der Waals surface area contributed by atoms with Gasteiger partial charge in [0.25, 0.3) is 5.91 Å². The number of aryl methyl sites for hydroxylation is 1. The van der Waals surface area contributed by atoms with Crippen molar-refractivity contribution in [2.45, 2.75) is 19.9 Å². The van der Waals surface area contributed by atoms with Crippen LogP contribution in [-0.2, 0) is 0 Å². The molecule has 0 aliphatic heterocycles. The molecule has 0 saturated heterocycles. The Morgan fingerprint density at radius 2 is 1.81 bits per heavy atom. The topological polar surface area (TPSA) is 61.4 Å². The zero-order chi connectivity index (χ0) is 15.4. The number of anilines is 1. The summed E-state index contributed by atoms with van der Waals surface area (Å²) in [4.78, 5) is 11.7. The van der Waals surface area contributed by atoms with Gasteiger partial charge in [-0.2, -0.15) is 0 Å². The van der Waals surface area contributed by atoms with Crippen LogP contribution < -0.4 is 10.6 Å². The van der Waals surface area contributed by atoms with E-state index in [0.29, 0.717) is 5.56 Å². The van der Waals surface area contributed by atoms with Crippen LogP contribution >= 0.6 is 0 Å². The van der Waals surface area contributed by atoms with E-state index in [0.717, 1.165) is 16.8 Å². The summed E-state index contributed by atoms with van der Waals surface area (Å²) in [7, 11) is 1.62. The van der Waals surface area contributed by atoms with Crippen LogP contribution in [0.5, 0.6) is 5.75 Å². The van der Waals surface area contributed by atoms with Crippen molar-refractivity contribution in [3.05, 3.63) is 59.2 Å². The standard InChI is InChI=1S/C17H20N2O2/c1-11-4-5-14(17(21)18-3)10-16(11)19-12(2)13-6-8-15(20)9-7-13/h4-10,12,19-20H,1-3H3,(H,18,21). The average Bonchev–Trinajstić information content (AvgIpc) is 2.49. The Hall–Kier alpha value is -2.49. The van der Waals surface area contributed by atoms with Gasteiger partial charge in [-0.3, -0.25) is 4.79 Å². The zero-order valence-corrected chi connectivity index (χ0v) is 12.5. The summed E-state index contributed by atoms with van der Waals surface area (Å²) in [6, 6.07) is 12.8. The molecule has 0 aliphatic rings. The highest BCUT2D eigenvalue weighted by molar-refractivity contribution is 5.95. The molecule has 3 N–H and O–H groups in total. The predicted octanol–water partition coefficient (Wildman–Crippen LogP) is 3.23. The molecular formula is C17H20N2O2. The third-order valence-corrected chi connectivity index (χ3v) is 3.49. The molecule has 0 bridgehead atoms. The van der Waals surface area contributed by atoms with E-state index in [1.165, 1.54) is 0 Å². The van der Waals surface area contributed by atoms with Gasteiger partial charge in [0.05, 0.1) is 0 Å². The van der Waals surface area contributed by atoms with Crippen molar-refractivity contribution in [3.8, 4) is 5.75 Å². The lowest BCUT2D eigenvalue weighted by atomic mass is 10.1. The number of phenols is 1. The van der Waals surface area contributed by atoms with E-state index in [1.54, 1.807) is 19.2 Å². The number of hydrogen-bond acceptors (Lipinski definition) is 3. The smallest absolute Gasteiger partial charge is 0.251 e. The molecular weight excluding hydrogens is 264 g/mol. The number of phenolic OH excluding ortho intramolecular Hbond substituents is 1. The molecule has 2 aromatic carbocycles. The van der Waals surface area contributed by atoms with Gasteiger partial charge in [-0.25, -0.2) is 0 Å². The van der Waals surface area contributed by atoms with Crippen LogP contribution in [0.25, 0.3) is 0 Å². The van der Waals surface area contributed by atoms with Crippen LogP contribution in [0, 0.1) is 6.92 Å². The first-order chi connectivity index (χ1) is 10.0. The van der Waals surface area contributed by atoms with E-state index < -0.39 is 0 Å². The van der Waals surface area contributed by atoms with Crippen molar-refractivity contribution in [2.24, 2.45) is 0 Å². The molecule has 1 atom stereocenters. The Morgan fingerprint density at radius 3 is 2.43 bits per heavy atom. The minimum Gasteiger partial charge on any atom is -0.508 e. The normalized spacial score (nSPS) is 11.8. The molecule has 1 amide bonds.